The van der Waals surface area contributed by atoms with Crippen molar-refractivity contribution < 1.29 is 19.4 Å². The van der Waals surface area contributed by atoms with Crippen LogP contribution in [0, 0.1) is 0 Å². The molecule has 1 aromatic rings. The third kappa shape index (κ3) is 3.04. The number of amides is 1. The summed E-state index contributed by atoms with van der Waals surface area (Å²) in [5, 5.41) is 9.47. The van der Waals surface area contributed by atoms with Crippen molar-refractivity contribution in [2.24, 2.45) is 0 Å². The first-order valence-corrected chi connectivity index (χ1v) is 7.86. The quantitative estimate of drug-likeness (QED) is 0.878. The van der Waals surface area contributed by atoms with Crippen LogP contribution in [0.1, 0.15) is 46.1 Å². The lowest BCUT2D eigenvalue weighted by molar-refractivity contribution is -0.132. The van der Waals surface area contributed by atoms with E-state index in [2.05, 4.69) is 0 Å². The second kappa shape index (κ2) is 6.57. The zero-order valence-corrected chi connectivity index (χ0v) is 13.8. The third-order valence-corrected chi connectivity index (χ3v) is 3.59. The zero-order valence-electron chi connectivity index (χ0n) is 13.8. The van der Waals surface area contributed by atoms with Crippen LogP contribution in [-0.2, 0) is 11.4 Å². The monoisotopic (exact) mass is 307 g/mol. The van der Waals surface area contributed by atoms with Gasteiger partial charge in [0.2, 0.25) is 0 Å². The van der Waals surface area contributed by atoms with E-state index < -0.39 is 5.60 Å². The lowest BCUT2D eigenvalue weighted by Crippen LogP contribution is -2.52. The largest absolute Gasteiger partial charge is 0.490 e. The van der Waals surface area contributed by atoms with Gasteiger partial charge in [0.05, 0.1) is 18.9 Å². The van der Waals surface area contributed by atoms with E-state index in [0.29, 0.717) is 35.9 Å². The molecule has 1 N–H and O–H groups in total. The maximum absolute atomic E-state index is 12.6. The topological polar surface area (TPSA) is 59.0 Å². The number of hydrogen-bond donors (Lipinski definition) is 1. The molecule has 0 radical (unpaired) electrons. The van der Waals surface area contributed by atoms with Gasteiger partial charge in [0.1, 0.15) is 0 Å². The summed E-state index contributed by atoms with van der Waals surface area (Å²) in [7, 11) is 0. The van der Waals surface area contributed by atoms with Gasteiger partial charge >= 0.3 is 0 Å². The number of rotatable bonds is 6. The van der Waals surface area contributed by atoms with Crippen LogP contribution in [0.4, 0.5) is 5.69 Å². The first kappa shape index (κ1) is 16.6. The van der Waals surface area contributed by atoms with Crippen LogP contribution in [0.5, 0.6) is 11.5 Å². The second-order valence-electron chi connectivity index (χ2n) is 6.02. The summed E-state index contributed by atoms with van der Waals surface area (Å²) in [5.74, 6) is 1.10. The number of carbonyl (C=O) groups excluding carboxylic acids is 1. The highest BCUT2D eigenvalue weighted by Crippen LogP contribution is 2.45. The van der Waals surface area contributed by atoms with Gasteiger partial charge in [-0.25, -0.2) is 0 Å². The van der Waals surface area contributed by atoms with Crippen molar-refractivity contribution in [3.05, 3.63) is 17.7 Å². The van der Waals surface area contributed by atoms with Gasteiger partial charge in [0.25, 0.3) is 5.91 Å². The Hall–Kier alpha value is -1.75. The number of aliphatic hydroxyl groups is 1. The van der Waals surface area contributed by atoms with Gasteiger partial charge in [0.15, 0.2) is 17.1 Å². The molecule has 1 aliphatic heterocycles. The van der Waals surface area contributed by atoms with Crippen LogP contribution in [-0.4, -0.2) is 29.8 Å². The highest BCUT2D eigenvalue weighted by Gasteiger charge is 2.42. The molecule has 0 bridgehead atoms. The van der Waals surface area contributed by atoms with Crippen LogP contribution < -0.4 is 14.4 Å². The molecule has 122 valence electrons. The normalized spacial score (nSPS) is 16.2. The van der Waals surface area contributed by atoms with E-state index in [1.54, 1.807) is 30.9 Å². The summed E-state index contributed by atoms with van der Waals surface area (Å²) in [6.07, 6.45) is 1.72. The first-order valence-electron chi connectivity index (χ1n) is 7.86. The Labute approximate surface area is 131 Å². The molecule has 0 unspecified atom stereocenters. The molecule has 22 heavy (non-hydrogen) atoms. The zero-order chi connectivity index (χ0) is 16.3. The number of carbonyl (C=O) groups is 1. The molecule has 1 aromatic carbocycles. The molecule has 0 saturated carbocycles. The molecule has 0 atom stereocenters. The fourth-order valence-corrected chi connectivity index (χ4v) is 2.54. The average molecular weight is 307 g/mol. The summed E-state index contributed by atoms with van der Waals surface area (Å²) in [6.45, 7) is 8.66. The Morgan fingerprint density at radius 1 is 1.27 bits per heavy atom. The van der Waals surface area contributed by atoms with Gasteiger partial charge in [-0.05, 0) is 44.4 Å². The van der Waals surface area contributed by atoms with E-state index in [0.717, 1.165) is 12.8 Å². The van der Waals surface area contributed by atoms with E-state index in [1.165, 1.54) is 0 Å². The molecule has 5 heteroatoms. The van der Waals surface area contributed by atoms with Crippen molar-refractivity contribution >= 4 is 11.6 Å². The molecular weight excluding hydrogens is 282 g/mol. The molecule has 0 aliphatic carbocycles. The van der Waals surface area contributed by atoms with E-state index >= 15 is 0 Å². The summed E-state index contributed by atoms with van der Waals surface area (Å²) in [4.78, 5) is 14.4. The molecule has 0 saturated heterocycles. The Balaban J connectivity index is 2.55. The SMILES string of the molecule is CCCOc1cc(CO)cc2c1OC(C)(C)C(=O)N2CCC. The van der Waals surface area contributed by atoms with Gasteiger partial charge in [-0.2, -0.15) is 0 Å². The Morgan fingerprint density at radius 3 is 2.59 bits per heavy atom. The molecule has 2 rings (SSSR count). The van der Waals surface area contributed by atoms with Gasteiger partial charge in [-0.15, -0.1) is 0 Å². The molecule has 0 fully saturated rings. The van der Waals surface area contributed by atoms with Crippen LogP contribution >= 0.6 is 0 Å². The minimum absolute atomic E-state index is 0.0709. The van der Waals surface area contributed by atoms with Crippen molar-refractivity contribution in [2.75, 3.05) is 18.1 Å². The standard InChI is InChI=1S/C17H25NO4/c1-5-7-18-13-9-12(11-19)10-14(21-8-6-2)15(13)22-17(3,4)16(18)20/h9-10,19H,5-8,11H2,1-4H3. The summed E-state index contributed by atoms with van der Waals surface area (Å²) in [5.41, 5.74) is 0.471. The minimum Gasteiger partial charge on any atom is -0.490 e. The van der Waals surface area contributed by atoms with Crippen molar-refractivity contribution in [2.45, 2.75) is 52.7 Å². The van der Waals surface area contributed by atoms with E-state index in [-0.39, 0.29) is 12.5 Å². The molecule has 5 nitrogen and oxygen atoms in total. The van der Waals surface area contributed by atoms with Gasteiger partial charge < -0.3 is 19.5 Å². The van der Waals surface area contributed by atoms with Crippen molar-refractivity contribution in [3.63, 3.8) is 0 Å². The molecule has 1 heterocycles. The first-order chi connectivity index (χ1) is 10.4. The average Bonchev–Trinajstić information content (AvgIpc) is 2.49. The molecule has 0 aromatic heterocycles. The number of nitrogens with zero attached hydrogens (tertiary/aromatic N) is 1. The van der Waals surface area contributed by atoms with Crippen molar-refractivity contribution in [3.8, 4) is 11.5 Å². The fourth-order valence-electron chi connectivity index (χ4n) is 2.54. The maximum Gasteiger partial charge on any atom is 0.270 e. The number of anilines is 1. The maximum atomic E-state index is 12.6. The van der Waals surface area contributed by atoms with Gasteiger partial charge in [0, 0.05) is 6.54 Å². The van der Waals surface area contributed by atoms with E-state index in [1.807, 2.05) is 13.8 Å². The van der Waals surface area contributed by atoms with Crippen molar-refractivity contribution in [1.29, 1.82) is 0 Å². The van der Waals surface area contributed by atoms with E-state index in [9.17, 15) is 9.90 Å². The molecule has 1 amide bonds. The lowest BCUT2D eigenvalue weighted by atomic mass is 10.0. The van der Waals surface area contributed by atoms with E-state index in [4.69, 9.17) is 9.47 Å². The number of fused-ring (bicyclic) bond motifs is 1. The van der Waals surface area contributed by atoms with Gasteiger partial charge in [-0.3, -0.25) is 4.79 Å². The number of benzene rings is 1. The Morgan fingerprint density at radius 2 is 2.00 bits per heavy atom. The Bertz CT molecular complexity index is 554. The predicted octanol–water partition coefficient (Wildman–Crippen LogP) is 2.88. The third-order valence-electron chi connectivity index (χ3n) is 3.59. The summed E-state index contributed by atoms with van der Waals surface area (Å²) >= 11 is 0. The minimum atomic E-state index is -0.923. The second-order valence-corrected chi connectivity index (χ2v) is 6.02. The van der Waals surface area contributed by atoms with Gasteiger partial charge in [-0.1, -0.05) is 13.8 Å². The van der Waals surface area contributed by atoms with Crippen LogP contribution in [0.3, 0.4) is 0 Å². The van der Waals surface area contributed by atoms with Crippen molar-refractivity contribution in [1.82, 2.24) is 0 Å². The number of aliphatic hydroxyl groups excluding tert-OH is 1. The highest BCUT2D eigenvalue weighted by molar-refractivity contribution is 6.03. The molecule has 1 aliphatic rings. The lowest BCUT2D eigenvalue weighted by Gasteiger charge is -2.39. The Kier molecular flexibility index (Phi) is 4.96. The molecular formula is C17H25NO4. The number of ether oxygens (including phenoxy) is 2. The summed E-state index contributed by atoms with van der Waals surface area (Å²) in [6, 6.07) is 3.58. The predicted molar refractivity (Wildman–Crippen MR) is 85.5 cm³/mol. The van der Waals surface area contributed by atoms with Crippen LogP contribution in [0.25, 0.3) is 0 Å². The summed E-state index contributed by atoms with van der Waals surface area (Å²) < 4.78 is 11.7. The van der Waals surface area contributed by atoms with Crippen LogP contribution in [0.2, 0.25) is 0 Å². The fraction of sp³-hybridized carbons (Fsp3) is 0.588. The molecule has 0 spiro atoms. The smallest absolute Gasteiger partial charge is 0.270 e. The number of hydrogen-bond acceptors (Lipinski definition) is 4. The van der Waals surface area contributed by atoms with Crippen LogP contribution in [0.15, 0.2) is 12.1 Å². The highest BCUT2D eigenvalue weighted by atomic mass is 16.5.